The molecule has 164 valence electrons. The molecule has 0 bridgehead atoms. The van der Waals surface area contributed by atoms with E-state index < -0.39 is 7.81 Å². The maximum absolute atomic E-state index is 10.7. The Morgan fingerprint density at radius 3 is 1.58 bits per heavy atom. The van der Waals surface area contributed by atoms with Crippen LogP contribution in [-0.2, 0) is 4.74 Å². The Morgan fingerprint density at radius 1 is 0.731 bits per heavy atom. The molecule has 0 radical (unpaired) electrons. The van der Waals surface area contributed by atoms with Gasteiger partial charge in [-0.25, -0.2) is 0 Å². The van der Waals surface area contributed by atoms with E-state index in [9.17, 15) is 25.2 Å². The van der Waals surface area contributed by atoms with Gasteiger partial charge in [0.2, 0.25) is 0 Å². The number of rotatable bonds is 14. The summed E-state index contributed by atoms with van der Waals surface area (Å²) in [6, 6.07) is 0. The molecule has 0 aliphatic carbocycles. The van der Waals surface area contributed by atoms with Gasteiger partial charge in [0.25, 0.3) is 0 Å². The molecule has 26 heavy (non-hydrogen) atoms. The predicted octanol–water partition coefficient (Wildman–Crippen LogP) is 6.59. The predicted molar refractivity (Wildman–Crippen MR) is 95.9 cm³/mol. The van der Waals surface area contributed by atoms with Crippen molar-refractivity contribution in [2.45, 2.75) is 58.3 Å². The molecule has 0 aromatic rings. The van der Waals surface area contributed by atoms with Crippen LogP contribution in [0.3, 0.4) is 0 Å². The molecule has 0 amide bonds. The van der Waals surface area contributed by atoms with Gasteiger partial charge in [-0.3, -0.25) is 0 Å². The van der Waals surface area contributed by atoms with Crippen molar-refractivity contribution in [3.05, 3.63) is 0 Å². The monoisotopic (exact) mass is 419 g/mol. The van der Waals surface area contributed by atoms with Crippen LogP contribution in [0.4, 0.5) is 25.2 Å². The molecule has 0 aliphatic rings. The van der Waals surface area contributed by atoms with E-state index in [1.807, 2.05) is 0 Å². The third-order valence-electron chi connectivity index (χ3n) is 3.69. The minimum atomic E-state index is -10.7. The number of unbranched alkanes of at least 4 members (excludes halogenated alkanes) is 7. The number of hydrogen-bond acceptors (Lipinski definition) is 2. The first kappa shape index (κ1) is 28.1. The molecule has 1 N–H and O–H groups in total. The number of nitrogens with zero attached hydrogens (tertiary/aromatic N) is 1. The van der Waals surface area contributed by atoms with Gasteiger partial charge in [0.05, 0.1) is 40.5 Å². The number of aliphatic hydroxyl groups excluding tert-OH is 1. The molecular formula is C16H36F6NO2P. The molecule has 0 unspecified atom stereocenters. The third-order valence-corrected chi connectivity index (χ3v) is 3.69. The average Bonchev–Trinajstić information content (AvgIpc) is 2.43. The van der Waals surface area contributed by atoms with Crippen LogP contribution in [-0.4, -0.2) is 56.6 Å². The van der Waals surface area contributed by atoms with Crippen molar-refractivity contribution < 1.29 is 39.5 Å². The second-order valence-electron chi connectivity index (χ2n) is 7.15. The Balaban J connectivity index is 0. The fourth-order valence-corrected chi connectivity index (χ4v) is 2.26. The van der Waals surface area contributed by atoms with Gasteiger partial charge in [-0.05, 0) is 12.8 Å². The third kappa shape index (κ3) is 39.1. The number of likely N-dealkylation sites (N-methyl/N-ethyl adjacent to an activating group) is 1. The molecule has 0 atom stereocenters. The Hall–Kier alpha value is -0.110. The molecule has 0 heterocycles. The SMILES string of the molecule is CCCCCCCCCC[N+](C)(C)CCOCCO.F[P-](F)(F)(F)(F)F. The zero-order chi connectivity index (χ0) is 20.8. The minimum absolute atomic E-state index is 0.130. The fourth-order valence-electron chi connectivity index (χ4n) is 2.26. The second kappa shape index (κ2) is 11.7. The molecular weight excluding hydrogens is 383 g/mol. The van der Waals surface area contributed by atoms with Crippen LogP contribution >= 0.6 is 7.81 Å². The van der Waals surface area contributed by atoms with Gasteiger partial charge in [0.15, 0.2) is 0 Å². The topological polar surface area (TPSA) is 29.5 Å². The van der Waals surface area contributed by atoms with Gasteiger partial charge < -0.3 is 14.3 Å². The van der Waals surface area contributed by atoms with E-state index in [1.165, 1.54) is 57.9 Å². The van der Waals surface area contributed by atoms with E-state index in [4.69, 9.17) is 9.84 Å². The van der Waals surface area contributed by atoms with Gasteiger partial charge in [-0.2, -0.15) is 0 Å². The van der Waals surface area contributed by atoms with E-state index in [0.29, 0.717) is 6.61 Å². The zero-order valence-corrected chi connectivity index (χ0v) is 17.1. The van der Waals surface area contributed by atoms with Crippen LogP contribution in [0.2, 0.25) is 0 Å². The van der Waals surface area contributed by atoms with E-state index >= 15 is 0 Å². The van der Waals surface area contributed by atoms with Crippen molar-refractivity contribution in [3.8, 4) is 0 Å². The van der Waals surface area contributed by atoms with Crippen LogP contribution in [0.25, 0.3) is 0 Å². The van der Waals surface area contributed by atoms with Gasteiger partial charge in [0.1, 0.15) is 6.54 Å². The summed E-state index contributed by atoms with van der Waals surface area (Å²) >= 11 is 0. The van der Waals surface area contributed by atoms with Gasteiger partial charge >= 0.3 is 33.0 Å². The fraction of sp³-hybridized carbons (Fsp3) is 1.00. The second-order valence-corrected chi connectivity index (χ2v) is 9.07. The summed E-state index contributed by atoms with van der Waals surface area (Å²) in [6.45, 7) is 5.89. The van der Waals surface area contributed by atoms with Gasteiger partial charge in [-0.1, -0.05) is 45.4 Å². The summed E-state index contributed by atoms with van der Waals surface area (Å²) in [6.07, 6.45) is 11.1. The molecule has 0 saturated carbocycles. The van der Waals surface area contributed by atoms with E-state index in [0.717, 1.165) is 17.6 Å². The average molecular weight is 419 g/mol. The van der Waals surface area contributed by atoms with Gasteiger partial charge in [-0.15, -0.1) is 0 Å². The van der Waals surface area contributed by atoms with Crippen LogP contribution in [0, 0.1) is 0 Å². The van der Waals surface area contributed by atoms with E-state index in [2.05, 4.69) is 21.0 Å². The molecule has 0 aromatic heterocycles. The van der Waals surface area contributed by atoms with Gasteiger partial charge in [0, 0.05) is 0 Å². The Kier molecular flexibility index (Phi) is 12.6. The standard InChI is InChI=1S/C16H36NO2.F6P/c1-4-5-6-7-8-9-10-11-12-17(2,3)13-15-19-16-14-18;1-7(2,3,4,5)6/h18H,4-16H2,1-3H3;/q+1;-1. The van der Waals surface area contributed by atoms with E-state index in [-0.39, 0.29) is 6.61 Å². The molecule has 0 fully saturated rings. The van der Waals surface area contributed by atoms with Crippen molar-refractivity contribution in [1.29, 1.82) is 0 Å². The molecule has 0 aliphatic heterocycles. The first-order chi connectivity index (χ1) is 11.6. The van der Waals surface area contributed by atoms with Crippen LogP contribution in [0.1, 0.15) is 58.3 Å². The number of hydrogen-bond donors (Lipinski definition) is 1. The van der Waals surface area contributed by atoms with Crippen molar-refractivity contribution >= 4 is 7.81 Å². The van der Waals surface area contributed by atoms with Crippen molar-refractivity contribution in [2.75, 3.05) is 47.0 Å². The maximum atomic E-state index is 9.87. The normalized spacial score (nSPS) is 15.0. The summed E-state index contributed by atoms with van der Waals surface area (Å²) in [5.74, 6) is 0. The number of halogens is 6. The summed E-state index contributed by atoms with van der Waals surface area (Å²) in [7, 11) is -6.12. The molecule has 0 saturated heterocycles. The Bertz CT molecular complexity index is 337. The summed E-state index contributed by atoms with van der Waals surface area (Å²) < 4.78 is 65.6. The van der Waals surface area contributed by atoms with Crippen LogP contribution < -0.4 is 0 Å². The molecule has 10 heteroatoms. The molecule has 3 nitrogen and oxygen atoms in total. The molecule has 0 rings (SSSR count). The Morgan fingerprint density at radius 2 is 1.15 bits per heavy atom. The zero-order valence-electron chi connectivity index (χ0n) is 16.2. The van der Waals surface area contributed by atoms with Crippen LogP contribution in [0.15, 0.2) is 0 Å². The Labute approximate surface area is 153 Å². The number of aliphatic hydroxyl groups is 1. The summed E-state index contributed by atoms with van der Waals surface area (Å²) in [4.78, 5) is 0. The summed E-state index contributed by atoms with van der Waals surface area (Å²) in [5.41, 5.74) is 0. The van der Waals surface area contributed by atoms with Crippen molar-refractivity contribution in [1.82, 2.24) is 0 Å². The number of ether oxygens (including phenoxy) is 1. The first-order valence-electron chi connectivity index (χ1n) is 9.14. The van der Waals surface area contributed by atoms with Crippen molar-refractivity contribution in [3.63, 3.8) is 0 Å². The van der Waals surface area contributed by atoms with Crippen LogP contribution in [0.5, 0.6) is 0 Å². The molecule has 0 aromatic carbocycles. The van der Waals surface area contributed by atoms with Crippen molar-refractivity contribution in [2.24, 2.45) is 0 Å². The molecule has 0 spiro atoms. The number of quaternary nitrogens is 1. The van der Waals surface area contributed by atoms with E-state index in [1.54, 1.807) is 0 Å². The summed E-state index contributed by atoms with van der Waals surface area (Å²) in [5, 5.41) is 8.64. The quantitative estimate of drug-likeness (QED) is 0.149. The first-order valence-corrected chi connectivity index (χ1v) is 11.2.